The topological polar surface area (TPSA) is 76.5 Å². The van der Waals surface area contributed by atoms with Crippen LogP contribution in [0.25, 0.3) is 0 Å². The van der Waals surface area contributed by atoms with E-state index >= 15 is 0 Å². The lowest BCUT2D eigenvalue weighted by molar-refractivity contribution is -0.0899. The number of rotatable bonds is 2. The summed E-state index contributed by atoms with van der Waals surface area (Å²) in [5, 5.41) is 0. The molecule has 24 heavy (non-hydrogen) atoms. The van der Waals surface area contributed by atoms with Crippen molar-refractivity contribution in [3.63, 3.8) is 0 Å². The number of ether oxygens (including phenoxy) is 2. The number of aromatic nitrogens is 4. The smallest absolute Gasteiger partial charge is 0.225 e. The maximum Gasteiger partial charge on any atom is 0.225 e. The van der Waals surface area contributed by atoms with Gasteiger partial charge in [0, 0.05) is 37.9 Å². The van der Waals surface area contributed by atoms with E-state index in [1.807, 2.05) is 12.1 Å². The highest BCUT2D eigenvalue weighted by atomic mass is 16.5. The van der Waals surface area contributed by atoms with Crippen LogP contribution >= 0.6 is 0 Å². The first-order valence-electron chi connectivity index (χ1n) is 8.10. The quantitative estimate of drug-likeness (QED) is 0.783. The standard InChI is InChI=1S/C16H20N6O2/c1-3-17-14(18-4-1)21-7-9-23-13-16(11-21)12-22(8-10-24-16)15-19-5-2-6-20-15/h1-6H,7-13H2. The Bertz CT molecular complexity index is 658. The minimum absolute atomic E-state index is 0.437. The van der Waals surface area contributed by atoms with Crippen molar-refractivity contribution in [3.05, 3.63) is 36.9 Å². The molecule has 8 heteroatoms. The summed E-state index contributed by atoms with van der Waals surface area (Å²) in [4.78, 5) is 21.7. The zero-order chi connectivity index (χ0) is 16.2. The SMILES string of the molecule is c1cnc(N2CCOCC3(C2)CN(c2ncccn2)CCO3)nc1. The van der Waals surface area contributed by atoms with Crippen molar-refractivity contribution in [2.45, 2.75) is 5.60 Å². The normalized spacial score (nSPS) is 24.8. The first kappa shape index (κ1) is 15.2. The Labute approximate surface area is 140 Å². The molecule has 4 heterocycles. The molecule has 2 saturated heterocycles. The van der Waals surface area contributed by atoms with Gasteiger partial charge < -0.3 is 19.3 Å². The molecular formula is C16H20N6O2. The third-order valence-electron chi connectivity index (χ3n) is 4.27. The predicted octanol–water partition coefficient (Wildman–Crippen LogP) is 0.379. The van der Waals surface area contributed by atoms with Crippen molar-refractivity contribution >= 4 is 11.9 Å². The van der Waals surface area contributed by atoms with E-state index in [9.17, 15) is 0 Å². The van der Waals surface area contributed by atoms with Gasteiger partial charge in [-0.15, -0.1) is 0 Å². The summed E-state index contributed by atoms with van der Waals surface area (Å²) >= 11 is 0. The van der Waals surface area contributed by atoms with Gasteiger partial charge in [0.2, 0.25) is 11.9 Å². The van der Waals surface area contributed by atoms with Crippen molar-refractivity contribution in [2.24, 2.45) is 0 Å². The van der Waals surface area contributed by atoms with Gasteiger partial charge >= 0.3 is 0 Å². The van der Waals surface area contributed by atoms with Crippen molar-refractivity contribution in [1.29, 1.82) is 0 Å². The lowest BCUT2D eigenvalue weighted by Crippen LogP contribution is -2.59. The Hall–Kier alpha value is -2.32. The van der Waals surface area contributed by atoms with E-state index in [1.165, 1.54) is 0 Å². The predicted molar refractivity (Wildman–Crippen MR) is 88.0 cm³/mol. The first-order valence-corrected chi connectivity index (χ1v) is 8.10. The van der Waals surface area contributed by atoms with Crippen LogP contribution in [-0.2, 0) is 9.47 Å². The van der Waals surface area contributed by atoms with E-state index in [4.69, 9.17) is 9.47 Å². The number of hydrogen-bond donors (Lipinski definition) is 0. The Kier molecular flexibility index (Phi) is 4.22. The zero-order valence-corrected chi connectivity index (χ0v) is 13.4. The number of anilines is 2. The van der Waals surface area contributed by atoms with Crippen LogP contribution in [0.3, 0.4) is 0 Å². The molecule has 8 nitrogen and oxygen atoms in total. The molecule has 0 aliphatic carbocycles. The molecule has 1 spiro atoms. The molecule has 0 bridgehead atoms. The zero-order valence-electron chi connectivity index (χ0n) is 13.4. The van der Waals surface area contributed by atoms with Gasteiger partial charge in [-0.3, -0.25) is 0 Å². The monoisotopic (exact) mass is 328 g/mol. The van der Waals surface area contributed by atoms with Crippen molar-refractivity contribution in [3.8, 4) is 0 Å². The average molecular weight is 328 g/mol. The van der Waals surface area contributed by atoms with Gasteiger partial charge in [-0.25, -0.2) is 19.9 Å². The van der Waals surface area contributed by atoms with Crippen molar-refractivity contribution < 1.29 is 9.47 Å². The molecular weight excluding hydrogens is 308 g/mol. The summed E-state index contributed by atoms with van der Waals surface area (Å²) in [6.45, 7) is 4.67. The second-order valence-electron chi connectivity index (χ2n) is 6.02. The molecule has 126 valence electrons. The van der Waals surface area contributed by atoms with E-state index in [-0.39, 0.29) is 0 Å². The minimum atomic E-state index is -0.437. The van der Waals surface area contributed by atoms with Crippen molar-refractivity contribution in [1.82, 2.24) is 19.9 Å². The van der Waals surface area contributed by atoms with Gasteiger partial charge in [0.25, 0.3) is 0 Å². The van der Waals surface area contributed by atoms with Gasteiger partial charge in [-0.05, 0) is 12.1 Å². The molecule has 0 radical (unpaired) electrons. The largest absolute Gasteiger partial charge is 0.376 e. The lowest BCUT2D eigenvalue weighted by Gasteiger charge is -2.43. The Morgan fingerprint density at radius 1 is 0.792 bits per heavy atom. The van der Waals surface area contributed by atoms with Crippen LogP contribution in [0.15, 0.2) is 36.9 Å². The van der Waals surface area contributed by atoms with Crippen LogP contribution in [0, 0.1) is 0 Å². The van der Waals surface area contributed by atoms with Gasteiger partial charge in [0.1, 0.15) is 5.60 Å². The summed E-state index contributed by atoms with van der Waals surface area (Å²) in [5.41, 5.74) is -0.437. The highest BCUT2D eigenvalue weighted by molar-refractivity contribution is 5.34. The molecule has 2 aliphatic heterocycles. The van der Waals surface area contributed by atoms with Gasteiger partial charge in [-0.2, -0.15) is 0 Å². The highest BCUT2D eigenvalue weighted by Gasteiger charge is 2.41. The van der Waals surface area contributed by atoms with E-state index in [0.29, 0.717) is 38.9 Å². The summed E-state index contributed by atoms with van der Waals surface area (Å²) in [6, 6.07) is 3.64. The first-order chi connectivity index (χ1) is 11.8. The minimum Gasteiger partial charge on any atom is -0.376 e. The summed E-state index contributed by atoms with van der Waals surface area (Å²) < 4.78 is 12.0. The fourth-order valence-electron chi connectivity index (χ4n) is 3.18. The number of morpholine rings is 1. The van der Waals surface area contributed by atoms with Crippen LogP contribution in [0.2, 0.25) is 0 Å². The van der Waals surface area contributed by atoms with Gasteiger partial charge in [0.05, 0.1) is 32.9 Å². The fraction of sp³-hybridized carbons (Fsp3) is 0.500. The van der Waals surface area contributed by atoms with E-state index in [1.54, 1.807) is 24.8 Å². The molecule has 2 aromatic heterocycles. The maximum absolute atomic E-state index is 6.17. The maximum atomic E-state index is 6.17. The molecule has 1 unspecified atom stereocenters. The molecule has 2 aromatic rings. The van der Waals surface area contributed by atoms with Gasteiger partial charge in [0.15, 0.2) is 0 Å². The van der Waals surface area contributed by atoms with E-state index in [2.05, 4.69) is 29.7 Å². The Morgan fingerprint density at radius 2 is 1.33 bits per heavy atom. The molecule has 0 saturated carbocycles. The summed E-state index contributed by atoms with van der Waals surface area (Å²) in [6.07, 6.45) is 7.04. The molecule has 1 atom stereocenters. The fourth-order valence-corrected chi connectivity index (χ4v) is 3.18. The summed E-state index contributed by atoms with van der Waals surface area (Å²) in [5.74, 6) is 1.44. The van der Waals surface area contributed by atoms with E-state index < -0.39 is 5.60 Å². The number of hydrogen-bond acceptors (Lipinski definition) is 8. The Morgan fingerprint density at radius 3 is 1.92 bits per heavy atom. The van der Waals surface area contributed by atoms with Crippen LogP contribution in [0.1, 0.15) is 0 Å². The third kappa shape index (κ3) is 3.15. The highest BCUT2D eigenvalue weighted by Crippen LogP contribution is 2.25. The lowest BCUT2D eigenvalue weighted by atomic mass is 10.0. The second kappa shape index (κ2) is 6.66. The average Bonchev–Trinajstić information content (AvgIpc) is 2.86. The molecule has 0 amide bonds. The van der Waals surface area contributed by atoms with Crippen LogP contribution < -0.4 is 9.80 Å². The Balaban J connectivity index is 1.56. The van der Waals surface area contributed by atoms with E-state index in [0.717, 1.165) is 19.0 Å². The molecule has 4 rings (SSSR count). The summed E-state index contributed by atoms with van der Waals surface area (Å²) in [7, 11) is 0. The van der Waals surface area contributed by atoms with Gasteiger partial charge in [-0.1, -0.05) is 0 Å². The van der Waals surface area contributed by atoms with Crippen LogP contribution in [0.5, 0.6) is 0 Å². The number of nitrogens with zero attached hydrogens (tertiary/aromatic N) is 6. The second-order valence-corrected chi connectivity index (χ2v) is 6.02. The molecule has 2 fully saturated rings. The third-order valence-corrected chi connectivity index (χ3v) is 4.27. The van der Waals surface area contributed by atoms with Crippen LogP contribution in [0.4, 0.5) is 11.9 Å². The molecule has 0 N–H and O–H groups in total. The molecule has 0 aromatic carbocycles. The van der Waals surface area contributed by atoms with Crippen molar-refractivity contribution in [2.75, 3.05) is 55.8 Å². The van der Waals surface area contributed by atoms with Crippen LogP contribution in [-0.4, -0.2) is 71.5 Å². The molecule has 2 aliphatic rings.